The van der Waals surface area contributed by atoms with Crippen molar-refractivity contribution in [1.29, 1.82) is 0 Å². The zero-order valence-electron chi connectivity index (χ0n) is 24.1. The first-order valence-corrected chi connectivity index (χ1v) is 17.5. The van der Waals surface area contributed by atoms with Gasteiger partial charge in [0.2, 0.25) is 5.91 Å². The Labute approximate surface area is 228 Å². The van der Waals surface area contributed by atoms with Gasteiger partial charge in [0.15, 0.2) is 16.6 Å². The van der Waals surface area contributed by atoms with Crippen LogP contribution in [0.25, 0.3) is 0 Å². The van der Waals surface area contributed by atoms with Crippen LogP contribution in [0.2, 0.25) is 39.3 Å². The summed E-state index contributed by atoms with van der Waals surface area (Å²) < 4.78 is 10.2. The average Bonchev–Trinajstić information content (AvgIpc) is 2.54. The van der Waals surface area contributed by atoms with E-state index in [0.717, 1.165) is 5.92 Å². The van der Waals surface area contributed by atoms with Crippen LogP contribution in [0.3, 0.4) is 0 Å². The van der Waals surface area contributed by atoms with Gasteiger partial charge in [0.1, 0.15) is 0 Å². The smallest absolute Gasteiger partial charge is 0.456 e. The number of rotatable bonds is 5. The van der Waals surface area contributed by atoms with Gasteiger partial charge in [-0.25, -0.2) is 0 Å². The van der Waals surface area contributed by atoms with Gasteiger partial charge in [-0.1, -0.05) is 47.1 Å². The standard InChI is InChI=1S/C8H16S.C6H18OSi2.C3H7NO.C2H6O.C2H6.CH4.2CH3.W/c1-4-7(2)5-8(3)6-9;1-8(2,3)7-9(4,5)6;1-3(5)4-2;1-3-2;1-2;;;;/h6-7,9H,4-5H2,1-3H3;1-6H3;1-2H3,(H,4,5);1-2H3;1-2H3;1H4;2*1H3;/q;;;;;;2*-1;+2/b8-6+;;;;;;;;. The fraction of sp³-hybridized carbons (Fsp3) is 0.792. The minimum absolute atomic E-state index is 0. The number of hydrogen-bond donors (Lipinski definition) is 2. The van der Waals surface area contributed by atoms with Gasteiger partial charge in [0, 0.05) is 28.2 Å². The van der Waals surface area contributed by atoms with Gasteiger partial charge in [-0.05, 0) is 64.0 Å². The summed E-state index contributed by atoms with van der Waals surface area (Å²) >= 11 is 4.07. The Hall–Kier alpha value is 0.602. The predicted molar refractivity (Wildman–Crippen MR) is 158 cm³/mol. The van der Waals surface area contributed by atoms with E-state index in [1.54, 1.807) is 21.3 Å². The number of carbonyl (C=O) groups is 1. The predicted octanol–water partition coefficient (Wildman–Crippen LogP) is 8.50. The molecule has 0 radical (unpaired) electrons. The Morgan fingerprint density at radius 2 is 1.25 bits per heavy atom. The molecule has 0 aliphatic heterocycles. The molecule has 0 aromatic rings. The topological polar surface area (TPSA) is 47.6 Å². The van der Waals surface area contributed by atoms with Crippen molar-refractivity contribution < 1.29 is 34.7 Å². The van der Waals surface area contributed by atoms with Gasteiger partial charge in [0.05, 0.1) is 0 Å². The molecular weight excluding hydrogens is 622 g/mol. The molecule has 0 aromatic carbocycles. The van der Waals surface area contributed by atoms with E-state index in [4.69, 9.17) is 4.12 Å². The second kappa shape index (κ2) is 38.8. The van der Waals surface area contributed by atoms with Crippen LogP contribution in [0, 0.1) is 20.8 Å². The Bertz CT molecular complexity index is 348. The molecule has 0 aliphatic carbocycles. The first-order chi connectivity index (χ1) is 12.6. The van der Waals surface area contributed by atoms with E-state index < -0.39 is 16.6 Å². The summed E-state index contributed by atoms with van der Waals surface area (Å²) in [5.41, 5.74) is 1.38. The molecule has 1 amide bonds. The molecule has 0 saturated heterocycles. The van der Waals surface area contributed by atoms with Gasteiger partial charge in [-0.2, -0.15) is 12.6 Å². The molecule has 0 aliphatic rings. The van der Waals surface area contributed by atoms with E-state index in [2.05, 4.69) is 82.7 Å². The summed E-state index contributed by atoms with van der Waals surface area (Å²) in [5, 5.41) is 4.28. The van der Waals surface area contributed by atoms with Crippen LogP contribution in [0.4, 0.5) is 0 Å². The molecule has 1 unspecified atom stereocenters. The molecule has 0 bridgehead atoms. The third-order valence-electron chi connectivity index (χ3n) is 2.55. The minimum atomic E-state index is -1.23. The van der Waals surface area contributed by atoms with Gasteiger partial charge in [-0.3, -0.25) is 4.79 Å². The summed E-state index contributed by atoms with van der Waals surface area (Å²) in [6.45, 7) is 25.5. The van der Waals surface area contributed by atoms with Crippen molar-refractivity contribution in [1.82, 2.24) is 5.32 Å². The molecule has 0 rings (SSSR count). The van der Waals surface area contributed by atoms with Crippen molar-refractivity contribution in [3.05, 3.63) is 25.8 Å². The van der Waals surface area contributed by atoms with E-state index in [9.17, 15) is 4.79 Å². The summed E-state index contributed by atoms with van der Waals surface area (Å²) in [5.74, 6) is 0.818. The number of methoxy groups -OCH3 is 1. The maximum Gasteiger partial charge on any atom is 2.00 e. The summed E-state index contributed by atoms with van der Waals surface area (Å²) in [4.78, 5) is 9.70. The van der Waals surface area contributed by atoms with Crippen LogP contribution in [0.15, 0.2) is 11.0 Å². The molecular formula is C24H63NO3SSi2W. The van der Waals surface area contributed by atoms with E-state index in [1.165, 1.54) is 25.3 Å². The molecule has 0 aromatic heterocycles. The van der Waals surface area contributed by atoms with Crippen LogP contribution >= 0.6 is 12.6 Å². The summed E-state index contributed by atoms with van der Waals surface area (Å²) in [6, 6.07) is 0. The van der Waals surface area contributed by atoms with Crippen LogP contribution in [-0.4, -0.2) is 43.8 Å². The second-order valence-corrected chi connectivity index (χ2v) is 17.8. The number of nitrogens with one attached hydrogen (secondary N) is 1. The van der Waals surface area contributed by atoms with Crippen molar-refractivity contribution in [2.24, 2.45) is 5.92 Å². The molecule has 1 atom stereocenters. The normalized spacial score (nSPS) is 10.2. The van der Waals surface area contributed by atoms with Crippen molar-refractivity contribution in [2.75, 3.05) is 21.3 Å². The van der Waals surface area contributed by atoms with E-state index in [-0.39, 0.29) is 49.3 Å². The maximum absolute atomic E-state index is 9.70. The molecule has 32 heavy (non-hydrogen) atoms. The van der Waals surface area contributed by atoms with Gasteiger partial charge in [0.25, 0.3) is 0 Å². The fourth-order valence-corrected chi connectivity index (χ4v) is 9.12. The van der Waals surface area contributed by atoms with Crippen LogP contribution in [-0.2, 0) is 34.7 Å². The van der Waals surface area contributed by atoms with Crippen LogP contribution in [0.1, 0.15) is 61.8 Å². The summed E-state index contributed by atoms with van der Waals surface area (Å²) in [7, 11) is 2.39. The fourth-order valence-electron chi connectivity index (χ4n) is 1.67. The maximum atomic E-state index is 9.70. The monoisotopic (exact) mass is 685 g/mol. The van der Waals surface area contributed by atoms with Gasteiger partial charge in [-0.15, -0.1) is 0 Å². The molecule has 4 nitrogen and oxygen atoms in total. The summed E-state index contributed by atoms with van der Waals surface area (Å²) in [6.07, 6.45) is 2.46. The molecule has 8 heteroatoms. The van der Waals surface area contributed by atoms with E-state index >= 15 is 0 Å². The molecule has 0 fully saturated rings. The third-order valence-corrected chi connectivity index (χ3v) is 7.89. The van der Waals surface area contributed by atoms with Crippen molar-refractivity contribution in [2.45, 2.75) is 101 Å². The van der Waals surface area contributed by atoms with Crippen LogP contribution < -0.4 is 5.32 Å². The first-order valence-electron chi connectivity index (χ1n) is 10.2. The van der Waals surface area contributed by atoms with Crippen LogP contribution in [0.5, 0.6) is 0 Å². The number of hydrogen-bond acceptors (Lipinski definition) is 4. The molecule has 0 spiro atoms. The molecule has 0 heterocycles. The number of amides is 1. The largest absolute Gasteiger partial charge is 2.00 e. The molecule has 0 saturated carbocycles. The van der Waals surface area contributed by atoms with E-state index in [0.29, 0.717) is 0 Å². The Morgan fingerprint density at radius 1 is 1.00 bits per heavy atom. The zero-order valence-corrected chi connectivity index (χ0v) is 30.0. The van der Waals surface area contributed by atoms with Gasteiger partial charge >= 0.3 is 21.1 Å². The Morgan fingerprint density at radius 3 is 1.34 bits per heavy atom. The van der Waals surface area contributed by atoms with Crippen molar-refractivity contribution in [3.63, 3.8) is 0 Å². The number of carbonyl (C=O) groups excluding carboxylic acids is 1. The minimum Gasteiger partial charge on any atom is -0.456 e. The van der Waals surface area contributed by atoms with Crippen molar-refractivity contribution in [3.8, 4) is 0 Å². The quantitative estimate of drug-likeness (QED) is 0.173. The second-order valence-electron chi connectivity index (χ2n) is 8.23. The molecule has 1 N–H and O–H groups in total. The Kier molecular flexibility index (Phi) is 71.0. The Balaban J connectivity index is -0.0000000311. The average molecular weight is 686 g/mol. The number of thiol groups is 1. The zero-order chi connectivity index (χ0) is 24.0. The number of ether oxygens (including phenoxy) is 1. The number of allylic oxidation sites excluding steroid dienone is 1. The third kappa shape index (κ3) is 97.3. The van der Waals surface area contributed by atoms with Gasteiger partial charge < -0.3 is 29.0 Å². The SMILES string of the molecule is C.CC.CCC(C)C/C(C)=C/S.CNC(C)=O.COC.C[Si](C)(C)O[Si](C)(C)C.[CH3-].[CH3-].[W+2]. The van der Waals surface area contributed by atoms with Crippen molar-refractivity contribution >= 4 is 35.2 Å². The molecule has 202 valence electrons. The van der Waals surface area contributed by atoms with E-state index in [1.807, 2.05) is 19.3 Å². The first kappa shape index (κ1) is 58.4.